The van der Waals surface area contributed by atoms with Gasteiger partial charge in [-0.1, -0.05) is 30.0 Å². The van der Waals surface area contributed by atoms with Crippen molar-refractivity contribution in [1.29, 1.82) is 0 Å². The Morgan fingerprint density at radius 1 is 1.20 bits per heavy atom. The van der Waals surface area contributed by atoms with Gasteiger partial charge in [-0.2, -0.15) is 0 Å². The Morgan fingerprint density at radius 2 is 1.90 bits per heavy atom. The molecule has 1 saturated heterocycles. The molecule has 2 fully saturated rings. The number of aryl methyl sites for hydroxylation is 2. The van der Waals surface area contributed by atoms with Crippen LogP contribution in [-0.2, 0) is 9.59 Å². The predicted octanol–water partition coefficient (Wildman–Crippen LogP) is 4.43. The third-order valence-corrected chi connectivity index (χ3v) is 6.21. The molecule has 1 heterocycles. The van der Waals surface area contributed by atoms with Crippen LogP contribution in [0.4, 0.5) is 11.4 Å². The summed E-state index contributed by atoms with van der Waals surface area (Å²) in [6.07, 6.45) is 2.06. The number of hydrogen-bond acceptors (Lipinski definition) is 5. The molecule has 1 N–H and O–H groups in total. The minimum absolute atomic E-state index is 0.0270. The van der Waals surface area contributed by atoms with Crippen LogP contribution in [0.3, 0.4) is 0 Å². The zero-order chi connectivity index (χ0) is 21.3. The van der Waals surface area contributed by atoms with E-state index >= 15 is 0 Å². The van der Waals surface area contributed by atoms with E-state index in [-0.39, 0.29) is 24.3 Å². The lowest BCUT2D eigenvalue weighted by atomic mass is 10.1. The Labute approximate surface area is 180 Å². The SMILES string of the molecule is COc1ccccc1NC(=O)C[C@@H]1SC(=Nc2cc(C)cc(C)c2)N(C2CC2)C1=O. The molecule has 1 saturated carbocycles. The number of aliphatic imine (C=N–C) groups is 1. The number of nitrogens with zero attached hydrogens (tertiary/aromatic N) is 2. The van der Waals surface area contributed by atoms with E-state index < -0.39 is 5.25 Å². The van der Waals surface area contributed by atoms with Gasteiger partial charge in [0.2, 0.25) is 11.8 Å². The zero-order valence-electron chi connectivity index (χ0n) is 17.3. The molecule has 0 spiro atoms. The fourth-order valence-electron chi connectivity index (χ4n) is 3.61. The molecule has 0 radical (unpaired) electrons. The van der Waals surface area contributed by atoms with Gasteiger partial charge in [0.25, 0.3) is 0 Å². The normalized spacial score (nSPS) is 20.0. The first kappa shape index (κ1) is 20.5. The smallest absolute Gasteiger partial charge is 0.242 e. The van der Waals surface area contributed by atoms with Gasteiger partial charge in [-0.05, 0) is 62.1 Å². The van der Waals surface area contributed by atoms with E-state index in [1.165, 1.54) is 11.8 Å². The monoisotopic (exact) mass is 423 g/mol. The number of carbonyl (C=O) groups is 2. The van der Waals surface area contributed by atoms with Crippen LogP contribution in [0.5, 0.6) is 5.75 Å². The fourth-order valence-corrected chi connectivity index (χ4v) is 4.82. The van der Waals surface area contributed by atoms with E-state index in [4.69, 9.17) is 9.73 Å². The summed E-state index contributed by atoms with van der Waals surface area (Å²) < 4.78 is 5.28. The van der Waals surface area contributed by atoms with Crippen LogP contribution in [-0.4, -0.2) is 40.3 Å². The van der Waals surface area contributed by atoms with E-state index in [9.17, 15) is 9.59 Å². The number of thioether (sulfide) groups is 1. The lowest BCUT2D eigenvalue weighted by molar-refractivity contribution is -0.128. The molecule has 1 aliphatic heterocycles. The minimum atomic E-state index is -0.468. The third-order valence-electron chi connectivity index (χ3n) is 5.06. The highest BCUT2D eigenvalue weighted by Crippen LogP contribution is 2.39. The Bertz CT molecular complexity index is 996. The van der Waals surface area contributed by atoms with Gasteiger partial charge in [-0.15, -0.1) is 0 Å². The molecule has 0 aromatic heterocycles. The average molecular weight is 424 g/mol. The zero-order valence-corrected chi connectivity index (χ0v) is 18.2. The molecule has 1 aliphatic carbocycles. The Balaban J connectivity index is 1.51. The molecule has 7 heteroatoms. The van der Waals surface area contributed by atoms with Gasteiger partial charge < -0.3 is 10.1 Å². The highest BCUT2D eigenvalue weighted by molar-refractivity contribution is 8.15. The molecule has 30 heavy (non-hydrogen) atoms. The summed E-state index contributed by atoms with van der Waals surface area (Å²) >= 11 is 1.38. The van der Waals surface area contributed by atoms with Gasteiger partial charge in [0.05, 0.1) is 18.5 Å². The first-order valence-electron chi connectivity index (χ1n) is 10.0. The van der Waals surface area contributed by atoms with Crippen LogP contribution in [0.15, 0.2) is 47.5 Å². The number of anilines is 1. The first-order chi connectivity index (χ1) is 14.4. The number of para-hydroxylation sites is 2. The summed E-state index contributed by atoms with van der Waals surface area (Å²) in [5.41, 5.74) is 3.71. The molecule has 156 valence electrons. The molecule has 2 aliphatic rings. The van der Waals surface area contributed by atoms with E-state index in [0.717, 1.165) is 29.7 Å². The van der Waals surface area contributed by atoms with Crippen molar-refractivity contribution in [3.05, 3.63) is 53.6 Å². The van der Waals surface area contributed by atoms with Crippen LogP contribution < -0.4 is 10.1 Å². The average Bonchev–Trinajstić information content (AvgIpc) is 3.47. The maximum absolute atomic E-state index is 13.1. The van der Waals surface area contributed by atoms with Crippen molar-refractivity contribution >= 4 is 40.1 Å². The quantitative estimate of drug-likeness (QED) is 0.746. The van der Waals surface area contributed by atoms with Crippen molar-refractivity contribution in [3.8, 4) is 5.75 Å². The fraction of sp³-hybridized carbons (Fsp3) is 0.348. The first-order valence-corrected chi connectivity index (χ1v) is 10.9. The molecule has 0 unspecified atom stereocenters. The van der Waals surface area contributed by atoms with Crippen molar-refractivity contribution in [3.63, 3.8) is 0 Å². The lowest BCUT2D eigenvalue weighted by Crippen LogP contribution is -2.35. The van der Waals surface area contributed by atoms with Crippen LogP contribution in [0, 0.1) is 13.8 Å². The molecule has 1 atom stereocenters. The van der Waals surface area contributed by atoms with Gasteiger partial charge in [-0.3, -0.25) is 14.5 Å². The maximum Gasteiger partial charge on any atom is 0.242 e. The number of nitrogens with one attached hydrogen (secondary N) is 1. The van der Waals surface area contributed by atoms with Gasteiger partial charge in [0.15, 0.2) is 5.17 Å². The number of rotatable bonds is 6. The number of methoxy groups -OCH3 is 1. The number of amidine groups is 1. The topological polar surface area (TPSA) is 71.0 Å². The van der Waals surface area contributed by atoms with Crippen LogP contribution >= 0.6 is 11.8 Å². The summed E-state index contributed by atoms with van der Waals surface area (Å²) in [6, 6.07) is 13.6. The van der Waals surface area contributed by atoms with Gasteiger partial charge in [-0.25, -0.2) is 4.99 Å². The number of amides is 2. The van der Waals surface area contributed by atoms with Crippen molar-refractivity contribution in [2.75, 3.05) is 12.4 Å². The molecular weight excluding hydrogens is 398 g/mol. The molecule has 2 amide bonds. The third kappa shape index (κ3) is 4.51. The number of carbonyl (C=O) groups excluding carboxylic acids is 2. The van der Waals surface area contributed by atoms with Crippen LogP contribution in [0.2, 0.25) is 0 Å². The molecule has 4 rings (SSSR count). The second-order valence-electron chi connectivity index (χ2n) is 7.74. The highest BCUT2D eigenvalue weighted by atomic mass is 32.2. The van der Waals surface area contributed by atoms with Crippen LogP contribution in [0.1, 0.15) is 30.4 Å². The van der Waals surface area contributed by atoms with E-state index in [2.05, 4.69) is 11.4 Å². The number of ether oxygens (including phenoxy) is 1. The van der Waals surface area contributed by atoms with E-state index in [1.54, 1.807) is 24.1 Å². The van der Waals surface area contributed by atoms with Crippen molar-refractivity contribution in [1.82, 2.24) is 4.90 Å². The summed E-state index contributed by atoms with van der Waals surface area (Å²) in [5, 5.41) is 3.09. The largest absolute Gasteiger partial charge is 0.495 e. The summed E-state index contributed by atoms with van der Waals surface area (Å²) in [4.78, 5) is 32.3. The lowest BCUT2D eigenvalue weighted by Gasteiger charge is -2.15. The standard InChI is InChI=1S/C23H25N3O3S/c1-14-10-15(2)12-16(11-14)24-23-26(17-8-9-17)22(28)20(30-23)13-21(27)25-18-6-4-5-7-19(18)29-3/h4-7,10-12,17,20H,8-9,13H2,1-3H3,(H,25,27)/t20-/m0/s1. The summed E-state index contributed by atoms with van der Waals surface area (Å²) in [7, 11) is 1.56. The van der Waals surface area contributed by atoms with E-state index in [1.807, 2.05) is 38.1 Å². The molecule has 6 nitrogen and oxygen atoms in total. The Morgan fingerprint density at radius 3 is 2.57 bits per heavy atom. The van der Waals surface area contributed by atoms with Gasteiger partial charge >= 0.3 is 0 Å². The Kier molecular flexibility index (Phi) is 5.81. The highest BCUT2D eigenvalue weighted by Gasteiger charge is 2.46. The second kappa shape index (κ2) is 8.52. The number of benzene rings is 2. The summed E-state index contributed by atoms with van der Waals surface area (Å²) in [5.74, 6) is 0.350. The van der Waals surface area contributed by atoms with Gasteiger partial charge in [0, 0.05) is 12.5 Å². The molecule has 2 aromatic carbocycles. The maximum atomic E-state index is 13.1. The Hall–Kier alpha value is -2.80. The second-order valence-corrected chi connectivity index (χ2v) is 8.91. The number of hydrogen-bond donors (Lipinski definition) is 1. The minimum Gasteiger partial charge on any atom is -0.495 e. The van der Waals surface area contributed by atoms with Crippen molar-refractivity contribution < 1.29 is 14.3 Å². The molecule has 0 bridgehead atoms. The van der Waals surface area contributed by atoms with Crippen LogP contribution in [0.25, 0.3) is 0 Å². The molecular formula is C23H25N3O3S. The van der Waals surface area contributed by atoms with E-state index in [0.29, 0.717) is 16.6 Å². The molecule has 2 aromatic rings. The predicted molar refractivity (Wildman–Crippen MR) is 120 cm³/mol. The summed E-state index contributed by atoms with van der Waals surface area (Å²) in [6.45, 7) is 4.07. The van der Waals surface area contributed by atoms with Crippen molar-refractivity contribution in [2.45, 2.75) is 44.4 Å². The van der Waals surface area contributed by atoms with Gasteiger partial charge in [0.1, 0.15) is 11.0 Å². The van der Waals surface area contributed by atoms with Crippen molar-refractivity contribution in [2.24, 2.45) is 4.99 Å².